The van der Waals surface area contributed by atoms with Gasteiger partial charge in [0.1, 0.15) is 11.6 Å². The highest BCUT2D eigenvalue weighted by Crippen LogP contribution is 2.38. The Kier molecular flexibility index (Phi) is 7.91. The minimum absolute atomic E-state index is 0.0762. The first-order valence-corrected chi connectivity index (χ1v) is 11.3. The standard InChI is InChI=1S/C25H33FN4O4/c1-16-14-29(24(32)34-21-8-6-20(26)7-9-21)23-11-18(5-10-22(23)30(16)17(2)31)19(12-27)13-28-15-25(3,4)33/h5-11,16,19,28,33H,12-15,27H2,1-4H3/t16-,19?/m0/s1. The summed E-state index contributed by atoms with van der Waals surface area (Å²) in [5.74, 6) is -0.408. The predicted octanol–water partition coefficient (Wildman–Crippen LogP) is 2.99. The molecule has 0 bridgehead atoms. The molecule has 0 aliphatic carbocycles. The largest absolute Gasteiger partial charge is 0.419 e. The van der Waals surface area contributed by atoms with Crippen LogP contribution in [0.5, 0.6) is 5.75 Å². The average molecular weight is 473 g/mol. The van der Waals surface area contributed by atoms with Crippen LogP contribution in [0.3, 0.4) is 0 Å². The number of halogens is 1. The number of anilines is 2. The second-order valence-electron chi connectivity index (χ2n) is 9.29. The number of nitrogens with zero attached hydrogens (tertiary/aromatic N) is 2. The summed E-state index contributed by atoms with van der Waals surface area (Å²) < 4.78 is 18.7. The number of nitrogens with one attached hydrogen (secondary N) is 1. The number of hydrogen-bond donors (Lipinski definition) is 3. The molecule has 8 nitrogen and oxygen atoms in total. The number of carbonyl (C=O) groups excluding carboxylic acids is 2. The molecule has 34 heavy (non-hydrogen) atoms. The zero-order valence-corrected chi connectivity index (χ0v) is 20.0. The Balaban J connectivity index is 1.92. The Labute approximate surface area is 199 Å². The van der Waals surface area contributed by atoms with Gasteiger partial charge in [0.15, 0.2) is 0 Å². The van der Waals surface area contributed by atoms with Crippen molar-refractivity contribution in [1.82, 2.24) is 5.32 Å². The van der Waals surface area contributed by atoms with Crippen molar-refractivity contribution in [2.75, 3.05) is 36.0 Å². The lowest BCUT2D eigenvalue weighted by molar-refractivity contribution is -0.117. The van der Waals surface area contributed by atoms with Crippen LogP contribution in [-0.2, 0) is 4.79 Å². The lowest BCUT2D eigenvalue weighted by atomic mass is 9.95. The molecule has 0 fully saturated rings. The number of amides is 2. The van der Waals surface area contributed by atoms with Crippen LogP contribution in [0.2, 0.25) is 0 Å². The third-order valence-electron chi connectivity index (χ3n) is 5.72. The van der Waals surface area contributed by atoms with E-state index in [0.717, 1.165) is 5.56 Å². The zero-order valence-electron chi connectivity index (χ0n) is 20.0. The molecule has 1 heterocycles. The molecule has 0 saturated heterocycles. The fourth-order valence-electron chi connectivity index (χ4n) is 4.10. The topological polar surface area (TPSA) is 108 Å². The Bertz CT molecular complexity index is 1020. The number of rotatable bonds is 7. The summed E-state index contributed by atoms with van der Waals surface area (Å²) in [6, 6.07) is 10.5. The first-order chi connectivity index (χ1) is 16.0. The van der Waals surface area contributed by atoms with Gasteiger partial charge in [-0.15, -0.1) is 0 Å². The van der Waals surface area contributed by atoms with Crippen molar-refractivity contribution in [1.29, 1.82) is 0 Å². The Morgan fingerprint density at radius 2 is 1.91 bits per heavy atom. The van der Waals surface area contributed by atoms with E-state index < -0.39 is 17.5 Å². The molecular weight excluding hydrogens is 439 g/mol. The summed E-state index contributed by atoms with van der Waals surface area (Å²) >= 11 is 0. The summed E-state index contributed by atoms with van der Waals surface area (Å²) in [5.41, 5.74) is 7.22. The van der Waals surface area contributed by atoms with Crippen molar-refractivity contribution in [3.05, 3.63) is 53.8 Å². The summed E-state index contributed by atoms with van der Waals surface area (Å²) in [6.07, 6.45) is -0.621. The van der Waals surface area contributed by atoms with Crippen LogP contribution in [0.1, 0.15) is 39.2 Å². The van der Waals surface area contributed by atoms with E-state index >= 15 is 0 Å². The Hall–Kier alpha value is -3.01. The van der Waals surface area contributed by atoms with E-state index in [0.29, 0.717) is 31.0 Å². The summed E-state index contributed by atoms with van der Waals surface area (Å²) in [6.45, 7) is 8.32. The van der Waals surface area contributed by atoms with Gasteiger partial charge in [-0.25, -0.2) is 9.18 Å². The maximum absolute atomic E-state index is 13.2. The molecule has 184 valence electrons. The molecule has 2 amide bonds. The molecule has 1 unspecified atom stereocenters. The minimum Gasteiger partial charge on any atom is -0.410 e. The normalized spacial score (nSPS) is 16.7. The lowest BCUT2D eigenvalue weighted by Gasteiger charge is -2.40. The second-order valence-corrected chi connectivity index (χ2v) is 9.29. The first-order valence-electron chi connectivity index (χ1n) is 11.3. The maximum atomic E-state index is 13.2. The Morgan fingerprint density at radius 1 is 1.24 bits per heavy atom. The molecule has 0 saturated carbocycles. The quantitative estimate of drug-likeness (QED) is 0.572. The Morgan fingerprint density at radius 3 is 2.50 bits per heavy atom. The number of fused-ring (bicyclic) bond motifs is 1. The summed E-state index contributed by atoms with van der Waals surface area (Å²) in [7, 11) is 0. The van der Waals surface area contributed by atoms with Gasteiger partial charge in [0.2, 0.25) is 5.91 Å². The van der Waals surface area contributed by atoms with Crippen LogP contribution in [0.25, 0.3) is 0 Å². The molecule has 0 radical (unpaired) electrons. The first kappa shape index (κ1) is 25.6. The highest BCUT2D eigenvalue weighted by Gasteiger charge is 2.35. The number of nitrogens with two attached hydrogens (primary N) is 1. The molecular formula is C25H33FN4O4. The number of aliphatic hydroxyl groups is 1. The van der Waals surface area contributed by atoms with Crippen molar-refractivity contribution >= 4 is 23.4 Å². The van der Waals surface area contributed by atoms with Gasteiger partial charge in [-0.3, -0.25) is 9.69 Å². The molecule has 1 aliphatic rings. The van der Waals surface area contributed by atoms with Crippen LogP contribution in [0, 0.1) is 5.82 Å². The second kappa shape index (κ2) is 10.5. The molecule has 0 spiro atoms. The smallest absolute Gasteiger partial charge is 0.410 e. The zero-order chi connectivity index (χ0) is 25.0. The molecule has 0 aromatic heterocycles. The number of benzene rings is 2. The highest BCUT2D eigenvalue weighted by atomic mass is 19.1. The third kappa shape index (κ3) is 6.11. The SMILES string of the molecule is CC(=O)N1c2ccc(C(CN)CNCC(C)(C)O)cc2N(C(=O)Oc2ccc(F)cc2)C[C@@H]1C. The van der Waals surface area contributed by atoms with Crippen LogP contribution >= 0.6 is 0 Å². The predicted molar refractivity (Wildman–Crippen MR) is 130 cm³/mol. The van der Waals surface area contributed by atoms with Crippen molar-refractivity contribution in [3.8, 4) is 5.75 Å². The molecule has 2 atom stereocenters. The summed E-state index contributed by atoms with van der Waals surface area (Å²) in [4.78, 5) is 28.6. The lowest BCUT2D eigenvalue weighted by Crippen LogP contribution is -2.52. The molecule has 9 heteroatoms. The maximum Gasteiger partial charge on any atom is 0.419 e. The molecule has 4 N–H and O–H groups in total. The molecule has 1 aliphatic heterocycles. The minimum atomic E-state index is -0.853. The average Bonchev–Trinajstić information content (AvgIpc) is 2.76. The van der Waals surface area contributed by atoms with Gasteiger partial charge < -0.3 is 25.8 Å². The van der Waals surface area contributed by atoms with Gasteiger partial charge >= 0.3 is 6.09 Å². The van der Waals surface area contributed by atoms with E-state index in [1.165, 1.54) is 36.1 Å². The fourth-order valence-corrected chi connectivity index (χ4v) is 4.10. The van der Waals surface area contributed by atoms with E-state index in [1.54, 1.807) is 18.7 Å². The number of ether oxygens (including phenoxy) is 1. The molecule has 3 rings (SSSR count). The number of hydrogen-bond acceptors (Lipinski definition) is 6. The van der Waals surface area contributed by atoms with Gasteiger partial charge in [-0.1, -0.05) is 6.07 Å². The van der Waals surface area contributed by atoms with Crippen LogP contribution in [0.4, 0.5) is 20.6 Å². The van der Waals surface area contributed by atoms with Gasteiger partial charge in [-0.2, -0.15) is 0 Å². The van der Waals surface area contributed by atoms with E-state index in [1.807, 2.05) is 25.1 Å². The van der Waals surface area contributed by atoms with Crippen LogP contribution in [0.15, 0.2) is 42.5 Å². The van der Waals surface area contributed by atoms with Gasteiger partial charge in [-0.05, 0) is 62.7 Å². The van der Waals surface area contributed by atoms with Crippen molar-refractivity contribution in [3.63, 3.8) is 0 Å². The third-order valence-corrected chi connectivity index (χ3v) is 5.72. The van der Waals surface area contributed by atoms with E-state index in [2.05, 4.69) is 5.32 Å². The van der Waals surface area contributed by atoms with E-state index in [9.17, 15) is 19.1 Å². The van der Waals surface area contributed by atoms with Gasteiger partial charge in [0, 0.05) is 39.0 Å². The summed E-state index contributed by atoms with van der Waals surface area (Å²) in [5, 5.41) is 13.2. The van der Waals surface area contributed by atoms with Crippen molar-refractivity contribution in [2.24, 2.45) is 5.73 Å². The van der Waals surface area contributed by atoms with Crippen molar-refractivity contribution < 1.29 is 23.8 Å². The highest BCUT2D eigenvalue weighted by molar-refractivity contribution is 6.02. The van der Waals surface area contributed by atoms with E-state index in [-0.39, 0.29) is 30.2 Å². The fraction of sp³-hybridized carbons (Fsp3) is 0.440. The van der Waals surface area contributed by atoms with E-state index in [4.69, 9.17) is 10.5 Å². The number of carbonyl (C=O) groups is 2. The monoisotopic (exact) mass is 472 g/mol. The molecule has 2 aromatic carbocycles. The van der Waals surface area contributed by atoms with Gasteiger partial charge in [0.25, 0.3) is 0 Å². The van der Waals surface area contributed by atoms with Crippen LogP contribution in [-0.4, -0.2) is 54.9 Å². The van der Waals surface area contributed by atoms with Gasteiger partial charge in [0.05, 0.1) is 23.0 Å². The van der Waals surface area contributed by atoms with Crippen molar-refractivity contribution in [2.45, 2.75) is 45.3 Å². The molecule has 2 aromatic rings. The van der Waals surface area contributed by atoms with Crippen LogP contribution < -0.4 is 25.6 Å².